The van der Waals surface area contributed by atoms with E-state index in [1.165, 1.54) is 18.4 Å². The SMILES string of the molecule is C=CCCCC(C)=CCCBr. The highest BCUT2D eigenvalue weighted by molar-refractivity contribution is 9.09. The van der Waals surface area contributed by atoms with Gasteiger partial charge in [-0.15, -0.1) is 6.58 Å². The predicted octanol–water partition coefficient (Wildman–Crippen LogP) is 4.07. The van der Waals surface area contributed by atoms with Gasteiger partial charge in [0.1, 0.15) is 0 Å². The van der Waals surface area contributed by atoms with Crippen molar-refractivity contribution in [1.29, 1.82) is 0 Å². The number of unbranched alkanes of at least 4 members (excludes halogenated alkanes) is 1. The summed E-state index contributed by atoms with van der Waals surface area (Å²) in [6.07, 6.45) is 9.04. The second-order valence-corrected chi connectivity index (χ2v) is 3.50. The molecular formula is C10H17Br. The van der Waals surface area contributed by atoms with Crippen LogP contribution in [0.15, 0.2) is 24.3 Å². The van der Waals surface area contributed by atoms with Crippen LogP contribution in [0.4, 0.5) is 0 Å². The fraction of sp³-hybridized carbons (Fsp3) is 0.600. The van der Waals surface area contributed by atoms with E-state index in [1.54, 1.807) is 0 Å². The topological polar surface area (TPSA) is 0 Å². The lowest BCUT2D eigenvalue weighted by atomic mass is 10.1. The number of allylic oxidation sites excluding steroid dienone is 3. The molecule has 0 saturated heterocycles. The Balaban J connectivity index is 3.34. The van der Waals surface area contributed by atoms with Gasteiger partial charge in [-0.2, -0.15) is 0 Å². The maximum absolute atomic E-state index is 3.69. The summed E-state index contributed by atoms with van der Waals surface area (Å²) in [6.45, 7) is 5.89. The molecule has 0 rings (SSSR count). The Bertz CT molecular complexity index is 125. The number of halogens is 1. The third-order valence-electron chi connectivity index (χ3n) is 1.58. The average molecular weight is 217 g/mol. The Hall–Kier alpha value is -0.0400. The van der Waals surface area contributed by atoms with Crippen molar-refractivity contribution in [2.75, 3.05) is 5.33 Å². The molecule has 0 spiro atoms. The summed E-state index contributed by atoms with van der Waals surface area (Å²) in [5, 5.41) is 1.08. The van der Waals surface area contributed by atoms with Crippen LogP contribution in [0.1, 0.15) is 32.6 Å². The molecule has 0 fully saturated rings. The van der Waals surface area contributed by atoms with E-state index in [0.717, 1.165) is 18.2 Å². The van der Waals surface area contributed by atoms with Crippen LogP contribution in [0, 0.1) is 0 Å². The van der Waals surface area contributed by atoms with Gasteiger partial charge in [-0.3, -0.25) is 0 Å². The smallest absolute Gasteiger partial charge is 0.00660 e. The second-order valence-electron chi connectivity index (χ2n) is 2.71. The molecule has 0 aromatic carbocycles. The number of hydrogen-bond acceptors (Lipinski definition) is 0. The molecule has 0 heterocycles. The molecule has 0 aliphatic heterocycles. The first-order valence-corrected chi connectivity index (χ1v) is 5.26. The average Bonchev–Trinajstić information content (AvgIpc) is 2.01. The zero-order valence-electron chi connectivity index (χ0n) is 7.28. The molecule has 0 bridgehead atoms. The van der Waals surface area contributed by atoms with E-state index in [1.807, 2.05) is 6.08 Å². The van der Waals surface area contributed by atoms with Gasteiger partial charge in [0, 0.05) is 5.33 Å². The molecule has 0 aromatic heterocycles. The molecule has 0 N–H and O–H groups in total. The minimum Gasteiger partial charge on any atom is -0.103 e. The Kier molecular flexibility index (Phi) is 8.03. The minimum atomic E-state index is 1.08. The maximum Gasteiger partial charge on any atom is 0.00660 e. The van der Waals surface area contributed by atoms with Crippen LogP contribution in [-0.4, -0.2) is 5.33 Å². The van der Waals surface area contributed by atoms with Crippen LogP contribution in [0.5, 0.6) is 0 Å². The summed E-state index contributed by atoms with van der Waals surface area (Å²) < 4.78 is 0. The van der Waals surface area contributed by atoms with Gasteiger partial charge in [0.05, 0.1) is 0 Å². The van der Waals surface area contributed by atoms with Crippen molar-refractivity contribution in [2.24, 2.45) is 0 Å². The van der Waals surface area contributed by atoms with E-state index in [2.05, 4.69) is 35.5 Å². The first-order chi connectivity index (χ1) is 5.31. The summed E-state index contributed by atoms with van der Waals surface area (Å²) in [6, 6.07) is 0. The van der Waals surface area contributed by atoms with Crippen molar-refractivity contribution < 1.29 is 0 Å². The lowest BCUT2D eigenvalue weighted by Crippen LogP contribution is -1.78. The van der Waals surface area contributed by atoms with Gasteiger partial charge in [0.25, 0.3) is 0 Å². The molecular weight excluding hydrogens is 200 g/mol. The molecule has 64 valence electrons. The van der Waals surface area contributed by atoms with Crippen LogP contribution in [-0.2, 0) is 0 Å². The molecule has 0 aliphatic rings. The molecule has 11 heavy (non-hydrogen) atoms. The largest absolute Gasteiger partial charge is 0.103 e. The Morgan fingerprint density at radius 1 is 1.45 bits per heavy atom. The van der Waals surface area contributed by atoms with Gasteiger partial charge in [0.15, 0.2) is 0 Å². The highest BCUT2D eigenvalue weighted by Crippen LogP contribution is 2.07. The Morgan fingerprint density at radius 2 is 2.18 bits per heavy atom. The highest BCUT2D eigenvalue weighted by Gasteiger charge is 1.88. The van der Waals surface area contributed by atoms with Gasteiger partial charge >= 0.3 is 0 Å². The van der Waals surface area contributed by atoms with E-state index in [9.17, 15) is 0 Å². The first-order valence-electron chi connectivity index (χ1n) is 4.13. The molecule has 0 radical (unpaired) electrons. The minimum absolute atomic E-state index is 1.08. The molecule has 0 aliphatic carbocycles. The molecule has 0 amide bonds. The second kappa shape index (κ2) is 8.06. The van der Waals surface area contributed by atoms with Gasteiger partial charge in [-0.25, -0.2) is 0 Å². The van der Waals surface area contributed by atoms with Gasteiger partial charge in [-0.1, -0.05) is 33.7 Å². The zero-order chi connectivity index (χ0) is 8.53. The third kappa shape index (κ3) is 7.86. The predicted molar refractivity (Wildman–Crippen MR) is 56.2 cm³/mol. The lowest BCUT2D eigenvalue weighted by molar-refractivity contribution is 0.829. The zero-order valence-corrected chi connectivity index (χ0v) is 8.86. The monoisotopic (exact) mass is 216 g/mol. The van der Waals surface area contributed by atoms with Crippen molar-refractivity contribution in [1.82, 2.24) is 0 Å². The normalized spacial score (nSPS) is 11.6. The molecule has 0 unspecified atom stereocenters. The fourth-order valence-electron chi connectivity index (χ4n) is 0.928. The summed E-state index contributed by atoms with van der Waals surface area (Å²) in [5.74, 6) is 0. The van der Waals surface area contributed by atoms with Crippen molar-refractivity contribution >= 4 is 15.9 Å². The van der Waals surface area contributed by atoms with Gasteiger partial charge in [0.2, 0.25) is 0 Å². The quantitative estimate of drug-likeness (QED) is 0.357. The van der Waals surface area contributed by atoms with Crippen LogP contribution < -0.4 is 0 Å². The van der Waals surface area contributed by atoms with Crippen molar-refractivity contribution in [3.8, 4) is 0 Å². The molecule has 1 heteroatoms. The fourth-order valence-corrected chi connectivity index (χ4v) is 1.16. The lowest BCUT2D eigenvalue weighted by Gasteiger charge is -1.97. The van der Waals surface area contributed by atoms with Crippen molar-refractivity contribution in [3.05, 3.63) is 24.3 Å². The van der Waals surface area contributed by atoms with Crippen molar-refractivity contribution in [3.63, 3.8) is 0 Å². The summed E-state index contributed by atoms with van der Waals surface area (Å²) in [4.78, 5) is 0. The molecule has 0 atom stereocenters. The molecule has 0 aromatic rings. The highest BCUT2D eigenvalue weighted by atomic mass is 79.9. The summed E-state index contributed by atoms with van der Waals surface area (Å²) in [5.41, 5.74) is 1.51. The van der Waals surface area contributed by atoms with Crippen molar-refractivity contribution in [2.45, 2.75) is 32.6 Å². The molecule has 0 saturated carbocycles. The van der Waals surface area contributed by atoms with E-state index in [0.29, 0.717) is 0 Å². The van der Waals surface area contributed by atoms with E-state index in [4.69, 9.17) is 0 Å². The summed E-state index contributed by atoms with van der Waals surface area (Å²) in [7, 11) is 0. The number of hydrogen-bond donors (Lipinski definition) is 0. The van der Waals surface area contributed by atoms with E-state index < -0.39 is 0 Å². The van der Waals surface area contributed by atoms with Crippen LogP contribution >= 0.6 is 15.9 Å². The van der Waals surface area contributed by atoms with Crippen LogP contribution in [0.25, 0.3) is 0 Å². The number of alkyl halides is 1. The van der Waals surface area contributed by atoms with E-state index >= 15 is 0 Å². The molecule has 0 nitrogen and oxygen atoms in total. The summed E-state index contributed by atoms with van der Waals surface area (Å²) >= 11 is 3.40. The van der Waals surface area contributed by atoms with Crippen LogP contribution in [0.2, 0.25) is 0 Å². The van der Waals surface area contributed by atoms with Crippen LogP contribution in [0.3, 0.4) is 0 Å². The van der Waals surface area contributed by atoms with Gasteiger partial charge in [-0.05, 0) is 32.6 Å². The standard InChI is InChI=1S/C10H17Br/c1-3-4-5-7-10(2)8-6-9-11/h3,8H,1,4-7,9H2,2H3. The number of rotatable bonds is 6. The Labute approximate surface area is 78.5 Å². The third-order valence-corrected chi connectivity index (χ3v) is 2.04. The maximum atomic E-state index is 3.69. The van der Waals surface area contributed by atoms with E-state index in [-0.39, 0.29) is 0 Å². The first kappa shape index (κ1) is 11.0. The Morgan fingerprint density at radius 3 is 2.73 bits per heavy atom. The van der Waals surface area contributed by atoms with Gasteiger partial charge < -0.3 is 0 Å².